The molecule has 6 aromatic rings. The molecule has 5 aromatic carbocycles. The lowest BCUT2D eigenvalue weighted by Crippen LogP contribution is -1.96. The lowest BCUT2D eigenvalue weighted by atomic mass is 9.95. The molecule has 7 heteroatoms. The minimum Gasteiger partial charge on any atom is -0.399 e. The van der Waals surface area contributed by atoms with Crippen LogP contribution in [-0.4, -0.2) is 26.1 Å². The molecule has 1 aromatic heterocycles. The summed E-state index contributed by atoms with van der Waals surface area (Å²) in [4.78, 5) is 5.19. The molecule has 7 nitrogen and oxygen atoms in total. The molecule has 1 heterocycles. The fourth-order valence-electron chi connectivity index (χ4n) is 6.22. The Morgan fingerprint density at radius 3 is 2.02 bits per heavy atom. The van der Waals surface area contributed by atoms with E-state index in [1.807, 2.05) is 88.8 Å². The third kappa shape index (κ3) is 7.85. The number of allylic oxidation sites excluding steroid dienone is 5. The van der Waals surface area contributed by atoms with E-state index in [0.717, 1.165) is 78.5 Å². The Labute approximate surface area is 306 Å². The average molecular weight is 684 g/mol. The van der Waals surface area contributed by atoms with Gasteiger partial charge in [0.1, 0.15) is 0 Å². The third-order valence-electron chi connectivity index (χ3n) is 9.03. The molecule has 0 radical (unpaired) electrons. The van der Waals surface area contributed by atoms with Gasteiger partial charge < -0.3 is 33.2 Å². The van der Waals surface area contributed by atoms with Crippen molar-refractivity contribution in [1.82, 2.24) is 4.98 Å². The maximum Gasteiger partial charge on any atom is 0.0715 e. The van der Waals surface area contributed by atoms with Gasteiger partial charge in [0.2, 0.25) is 0 Å². The number of nitrogens with two attached hydrogens (primary N) is 3. The number of anilines is 6. The van der Waals surface area contributed by atoms with Crippen molar-refractivity contribution in [1.29, 1.82) is 0 Å². The highest BCUT2D eigenvalue weighted by Gasteiger charge is 2.12. The van der Waals surface area contributed by atoms with Crippen LogP contribution < -0.4 is 33.2 Å². The lowest BCUT2D eigenvalue weighted by molar-refractivity contribution is 1.29. The van der Waals surface area contributed by atoms with Crippen LogP contribution in [0.4, 0.5) is 34.1 Å². The molecule has 0 amide bonds. The van der Waals surface area contributed by atoms with Crippen molar-refractivity contribution >= 4 is 45.8 Å². The highest BCUT2D eigenvalue weighted by atomic mass is 14.8. The van der Waals surface area contributed by atoms with Crippen molar-refractivity contribution in [2.45, 2.75) is 6.92 Å². The molecule has 0 aliphatic heterocycles. The van der Waals surface area contributed by atoms with E-state index in [2.05, 4.69) is 101 Å². The molecule has 0 aliphatic carbocycles. The Bertz CT molecular complexity index is 2320. The summed E-state index contributed by atoms with van der Waals surface area (Å²) in [6, 6.07) is 39.0. The topological polar surface area (TPSA) is 127 Å². The molecule has 0 saturated heterocycles. The first-order chi connectivity index (χ1) is 25.3. The van der Waals surface area contributed by atoms with E-state index >= 15 is 0 Å². The van der Waals surface area contributed by atoms with Gasteiger partial charge in [0.15, 0.2) is 0 Å². The summed E-state index contributed by atoms with van der Waals surface area (Å²) in [7, 11) is 5.78. The normalized spacial score (nSPS) is 11.7. The summed E-state index contributed by atoms with van der Waals surface area (Å²) < 4.78 is 0. The molecule has 0 atom stereocenters. The highest BCUT2D eigenvalue weighted by molar-refractivity contribution is 5.88. The first-order valence-electron chi connectivity index (χ1n) is 17.3. The number of rotatable bonds is 11. The summed E-state index contributed by atoms with van der Waals surface area (Å²) in [5.74, 6) is 0. The first-order valence-corrected chi connectivity index (χ1v) is 17.3. The number of nitrogen functional groups attached to an aromatic ring is 3. The molecule has 6 rings (SSSR count). The number of nitrogens with one attached hydrogen (secondary N) is 3. The Balaban J connectivity index is 1.51. The Hall–Kier alpha value is -6.73. The number of hydrogen-bond acceptors (Lipinski definition) is 7. The fraction of sp³-hybridized carbons (Fsp3) is 0.0889. The monoisotopic (exact) mass is 683 g/mol. The zero-order chi connectivity index (χ0) is 36.6. The molecule has 0 aliphatic rings. The van der Waals surface area contributed by atoms with Crippen molar-refractivity contribution in [3.05, 3.63) is 151 Å². The van der Waals surface area contributed by atoms with Crippen molar-refractivity contribution in [3.63, 3.8) is 0 Å². The molecule has 0 fully saturated rings. The summed E-state index contributed by atoms with van der Waals surface area (Å²) in [6.07, 6.45) is 10.2. The van der Waals surface area contributed by atoms with Crippen LogP contribution in [0, 0.1) is 0 Å². The molecular formula is C45H45N7. The minimum absolute atomic E-state index is 0.659. The van der Waals surface area contributed by atoms with Crippen molar-refractivity contribution < 1.29 is 0 Å². The third-order valence-corrected chi connectivity index (χ3v) is 9.03. The van der Waals surface area contributed by atoms with Crippen LogP contribution in [0.5, 0.6) is 0 Å². The second-order valence-electron chi connectivity index (χ2n) is 12.5. The van der Waals surface area contributed by atoms with E-state index in [-0.39, 0.29) is 0 Å². The summed E-state index contributed by atoms with van der Waals surface area (Å²) in [6.45, 7) is 2.00. The van der Waals surface area contributed by atoms with E-state index in [1.165, 1.54) is 0 Å². The van der Waals surface area contributed by atoms with Crippen LogP contribution in [0.2, 0.25) is 0 Å². The van der Waals surface area contributed by atoms with Gasteiger partial charge in [-0.1, -0.05) is 60.7 Å². The molecule has 0 bridgehead atoms. The predicted octanol–water partition coefficient (Wildman–Crippen LogP) is 10.3. The standard InChI is InChI=1S/C45H45N7/c1-5-6-9-29(40-27-36(49-2)17-20-43(40)48)14-16-38-24-34(30-10-7-12-32(22-30)41-28-37(50-3)18-21-44(41)51-4)25-45(52-38)33-13-8-11-31(23-33)39-26-35(46)15-19-42(39)47/h5-28,49-51H,46-48H2,1-4H3/b6-5-,16-14+,29-9+. The van der Waals surface area contributed by atoms with Crippen molar-refractivity contribution in [2.24, 2.45) is 0 Å². The molecule has 0 spiro atoms. The van der Waals surface area contributed by atoms with E-state index < -0.39 is 0 Å². The van der Waals surface area contributed by atoms with Crippen LogP contribution in [0.1, 0.15) is 18.2 Å². The van der Waals surface area contributed by atoms with Gasteiger partial charge in [-0.3, -0.25) is 0 Å². The smallest absolute Gasteiger partial charge is 0.0715 e. The quantitative estimate of drug-likeness (QED) is 0.0593. The average Bonchev–Trinajstić information content (AvgIpc) is 3.19. The highest BCUT2D eigenvalue weighted by Crippen LogP contribution is 2.36. The molecule has 260 valence electrons. The van der Waals surface area contributed by atoms with Crippen LogP contribution in [0.25, 0.3) is 56.3 Å². The van der Waals surface area contributed by atoms with Gasteiger partial charge in [0.25, 0.3) is 0 Å². The van der Waals surface area contributed by atoms with Gasteiger partial charge in [0.05, 0.1) is 11.4 Å². The lowest BCUT2D eigenvalue weighted by Gasteiger charge is -2.14. The van der Waals surface area contributed by atoms with Crippen LogP contribution >= 0.6 is 0 Å². The first kappa shape index (κ1) is 35.1. The number of aromatic nitrogens is 1. The predicted molar refractivity (Wildman–Crippen MR) is 226 cm³/mol. The summed E-state index contributed by atoms with van der Waals surface area (Å²) in [5.41, 5.74) is 34.8. The SMILES string of the molecule is C\C=C/C=C(\C=C\c1cc(-c2cccc(-c3cc(NC)ccc3NC)c2)cc(-c2cccc(-c3cc(N)ccc3N)c2)n1)c1cc(NC)ccc1N. The Morgan fingerprint density at radius 1 is 0.596 bits per heavy atom. The molecular weight excluding hydrogens is 639 g/mol. The minimum atomic E-state index is 0.659. The van der Waals surface area contributed by atoms with E-state index in [1.54, 1.807) is 0 Å². The zero-order valence-electron chi connectivity index (χ0n) is 30.0. The van der Waals surface area contributed by atoms with E-state index in [9.17, 15) is 0 Å². The van der Waals surface area contributed by atoms with Gasteiger partial charge in [-0.2, -0.15) is 0 Å². The van der Waals surface area contributed by atoms with Gasteiger partial charge in [-0.15, -0.1) is 0 Å². The van der Waals surface area contributed by atoms with Crippen molar-refractivity contribution in [2.75, 3.05) is 54.3 Å². The maximum atomic E-state index is 6.50. The zero-order valence-corrected chi connectivity index (χ0v) is 30.0. The van der Waals surface area contributed by atoms with Crippen LogP contribution in [0.3, 0.4) is 0 Å². The molecule has 0 saturated carbocycles. The largest absolute Gasteiger partial charge is 0.399 e. The summed E-state index contributed by atoms with van der Waals surface area (Å²) in [5, 5.41) is 9.84. The second-order valence-corrected chi connectivity index (χ2v) is 12.5. The summed E-state index contributed by atoms with van der Waals surface area (Å²) >= 11 is 0. The molecule has 52 heavy (non-hydrogen) atoms. The van der Waals surface area contributed by atoms with Gasteiger partial charge in [-0.25, -0.2) is 4.98 Å². The van der Waals surface area contributed by atoms with Gasteiger partial charge in [-0.05, 0) is 120 Å². The number of pyridine rings is 1. The van der Waals surface area contributed by atoms with Crippen LogP contribution in [0.15, 0.2) is 140 Å². The van der Waals surface area contributed by atoms with Gasteiger partial charge >= 0.3 is 0 Å². The Morgan fingerprint density at radius 2 is 1.27 bits per heavy atom. The number of hydrogen-bond donors (Lipinski definition) is 6. The van der Waals surface area contributed by atoms with Crippen LogP contribution in [-0.2, 0) is 0 Å². The maximum absolute atomic E-state index is 6.50. The van der Waals surface area contributed by atoms with Gasteiger partial charge in [0, 0.05) is 77.5 Å². The number of nitrogens with zero attached hydrogens (tertiary/aromatic N) is 1. The molecule has 0 unspecified atom stereocenters. The van der Waals surface area contributed by atoms with E-state index in [4.69, 9.17) is 22.2 Å². The second kappa shape index (κ2) is 15.9. The van der Waals surface area contributed by atoms with Crippen molar-refractivity contribution in [3.8, 4) is 44.6 Å². The Kier molecular flexibility index (Phi) is 10.7. The fourth-order valence-corrected chi connectivity index (χ4v) is 6.22. The van der Waals surface area contributed by atoms with E-state index in [0.29, 0.717) is 17.1 Å². The molecule has 9 N–H and O–H groups in total. The number of benzene rings is 5.